The van der Waals surface area contributed by atoms with Crippen LogP contribution < -0.4 is 10.6 Å². The van der Waals surface area contributed by atoms with Crippen molar-refractivity contribution >= 4 is 45.6 Å². The van der Waals surface area contributed by atoms with Crippen LogP contribution in [0.5, 0.6) is 0 Å². The van der Waals surface area contributed by atoms with E-state index >= 15 is 0 Å². The summed E-state index contributed by atoms with van der Waals surface area (Å²) in [6.07, 6.45) is 1.50. The Labute approximate surface area is 155 Å². The van der Waals surface area contributed by atoms with Crippen LogP contribution in [0.15, 0.2) is 42.5 Å². The van der Waals surface area contributed by atoms with Gasteiger partial charge in [-0.1, -0.05) is 23.7 Å². The Morgan fingerprint density at radius 2 is 2.00 bits per heavy atom. The third-order valence-corrected chi connectivity index (χ3v) is 4.88. The van der Waals surface area contributed by atoms with E-state index < -0.39 is 0 Å². The first-order valence-electron chi connectivity index (χ1n) is 8.59. The lowest BCUT2D eigenvalue weighted by molar-refractivity contribution is -0.122. The maximum Gasteiger partial charge on any atom is 0.228 e. The minimum Gasteiger partial charge on any atom is -0.381 e. The minimum absolute atomic E-state index is 0.0000288. The second kappa shape index (κ2) is 7.35. The van der Waals surface area contributed by atoms with Crippen LogP contribution in [0.2, 0.25) is 5.02 Å². The molecule has 3 N–H and O–H groups in total. The summed E-state index contributed by atoms with van der Waals surface area (Å²) in [5.74, 6) is 0.539. The summed E-state index contributed by atoms with van der Waals surface area (Å²) in [5.41, 5.74) is 2.56. The summed E-state index contributed by atoms with van der Waals surface area (Å²) < 4.78 is 5.31. The molecule has 1 aromatic heterocycles. The van der Waals surface area contributed by atoms with Gasteiger partial charge in [-0.3, -0.25) is 9.89 Å². The largest absolute Gasteiger partial charge is 0.381 e. The van der Waals surface area contributed by atoms with E-state index in [9.17, 15) is 4.79 Å². The van der Waals surface area contributed by atoms with Gasteiger partial charge in [0.1, 0.15) is 0 Å². The van der Waals surface area contributed by atoms with Gasteiger partial charge in [0.05, 0.1) is 16.2 Å². The number of ether oxygens (including phenoxy) is 1. The molecule has 0 bridgehead atoms. The predicted octanol–water partition coefficient (Wildman–Crippen LogP) is 4.33. The lowest BCUT2D eigenvalue weighted by Crippen LogP contribution is -2.28. The Morgan fingerprint density at radius 3 is 2.81 bits per heavy atom. The van der Waals surface area contributed by atoms with Gasteiger partial charge in [-0.25, -0.2) is 0 Å². The molecule has 0 unspecified atom stereocenters. The number of aromatic amines is 1. The molecule has 0 spiro atoms. The third kappa shape index (κ3) is 3.52. The SMILES string of the molecule is O=C(Nc1n[nH]c2cc(Nc3ccccc3Cl)ccc12)C1CCOCC1. The Balaban J connectivity index is 1.52. The topological polar surface area (TPSA) is 79.0 Å². The number of fused-ring (bicyclic) bond motifs is 1. The van der Waals surface area contributed by atoms with Crippen LogP contribution in [0.4, 0.5) is 17.2 Å². The number of benzene rings is 2. The number of nitrogens with zero attached hydrogens (tertiary/aromatic N) is 1. The van der Waals surface area contributed by atoms with Gasteiger partial charge in [-0.05, 0) is 43.2 Å². The van der Waals surface area contributed by atoms with Crippen LogP contribution in [0, 0.1) is 5.92 Å². The highest BCUT2D eigenvalue weighted by molar-refractivity contribution is 6.33. The van der Waals surface area contributed by atoms with E-state index in [1.54, 1.807) is 0 Å². The molecule has 2 heterocycles. The lowest BCUT2D eigenvalue weighted by Gasteiger charge is -2.20. The molecule has 26 heavy (non-hydrogen) atoms. The fourth-order valence-corrected chi connectivity index (χ4v) is 3.27. The number of amides is 1. The fraction of sp³-hybridized carbons (Fsp3) is 0.263. The van der Waals surface area contributed by atoms with Crippen LogP contribution in [0.25, 0.3) is 10.9 Å². The number of carbonyl (C=O) groups excluding carboxylic acids is 1. The molecule has 3 aromatic rings. The summed E-state index contributed by atoms with van der Waals surface area (Å²) >= 11 is 6.19. The number of hydrogen-bond acceptors (Lipinski definition) is 4. The Bertz CT molecular complexity index is 934. The molecule has 1 saturated heterocycles. The van der Waals surface area contributed by atoms with E-state index in [2.05, 4.69) is 20.8 Å². The molecule has 134 valence electrons. The third-order valence-electron chi connectivity index (χ3n) is 4.55. The number of aromatic nitrogens is 2. The molecular formula is C19H19ClN4O2. The number of H-pyrrole nitrogens is 1. The predicted molar refractivity (Wildman–Crippen MR) is 103 cm³/mol. The molecule has 0 aliphatic carbocycles. The van der Waals surface area contributed by atoms with Crippen LogP contribution in [0.3, 0.4) is 0 Å². The first-order valence-corrected chi connectivity index (χ1v) is 8.97. The van der Waals surface area contributed by atoms with Crippen molar-refractivity contribution in [2.45, 2.75) is 12.8 Å². The number of carbonyl (C=O) groups is 1. The summed E-state index contributed by atoms with van der Waals surface area (Å²) in [6.45, 7) is 1.27. The van der Waals surface area contributed by atoms with Gasteiger partial charge in [-0.15, -0.1) is 0 Å². The van der Waals surface area contributed by atoms with Crippen molar-refractivity contribution < 1.29 is 9.53 Å². The fourth-order valence-electron chi connectivity index (χ4n) is 3.09. The Hall–Kier alpha value is -2.57. The van der Waals surface area contributed by atoms with Gasteiger partial charge in [-0.2, -0.15) is 5.10 Å². The highest BCUT2D eigenvalue weighted by atomic mass is 35.5. The minimum atomic E-state index is -0.0170. The molecule has 7 heteroatoms. The van der Waals surface area contributed by atoms with Gasteiger partial charge in [0.2, 0.25) is 5.91 Å². The quantitative estimate of drug-likeness (QED) is 0.638. The number of hydrogen-bond donors (Lipinski definition) is 3. The van der Waals surface area contributed by atoms with Crippen molar-refractivity contribution in [2.24, 2.45) is 5.92 Å². The zero-order valence-corrected chi connectivity index (χ0v) is 14.8. The molecule has 0 saturated carbocycles. The number of nitrogens with one attached hydrogen (secondary N) is 3. The molecule has 4 rings (SSSR count). The van der Waals surface area contributed by atoms with Gasteiger partial charge in [0.15, 0.2) is 5.82 Å². The number of halogens is 1. The van der Waals surface area contributed by atoms with Gasteiger partial charge in [0.25, 0.3) is 0 Å². The summed E-state index contributed by atoms with van der Waals surface area (Å²) in [6, 6.07) is 13.4. The Morgan fingerprint density at radius 1 is 1.19 bits per heavy atom. The van der Waals surface area contributed by atoms with E-state index in [0.29, 0.717) is 24.1 Å². The van der Waals surface area contributed by atoms with E-state index in [1.165, 1.54) is 0 Å². The second-order valence-electron chi connectivity index (χ2n) is 6.31. The molecule has 1 aliphatic heterocycles. The van der Waals surface area contributed by atoms with Gasteiger partial charge in [0, 0.05) is 30.2 Å². The average Bonchev–Trinajstić information content (AvgIpc) is 3.06. The molecule has 0 radical (unpaired) electrons. The van der Waals surface area contributed by atoms with E-state index in [1.807, 2.05) is 42.5 Å². The van der Waals surface area contributed by atoms with Crippen molar-refractivity contribution in [3.63, 3.8) is 0 Å². The van der Waals surface area contributed by atoms with Crippen LogP contribution in [0.1, 0.15) is 12.8 Å². The lowest BCUT2D eigenvalue weighted by atomic mass is 9.99. The molecule has 2 aromatic carbocycles. The Kier molecular flexibility index (Phi) is 4.77. The maximum absolute atomic E-state index is 12.4. The summed E-state index contributed by atoms with van der Waals surface area (Å²) in [4.78, 5) is 12.4. The van der Waals surface area contributed by atoms with E-state index in [-0.39, 0.29) is 11.8 Å². The summed E-state index contributed by atoms with van der Waals surface area (Å²) in [7, 11) is 0. The van der Waals surface area contributed by atoms with Crippen molar-refractivity contribution in [1.29, 1.82) is 0 Å². The first-order chi connectivity index (χ1) is 12.7. The monoisotopic (exact) mass is 370 g/mol. The standard InChI is InChI=1S/C19H19ClN4O2/c20-15-3-1-2-4-16(15)21-13-5-6-14-17(11-13)23-24-18(14)22-19(25)12-7-9-26-10-8-12/h1-6,11-12,21H,7-10H2,(H2,22,23,24,25). The average molecular weight is 371 g/mol. The van der Waals surface area contributed by atoms with Crippen LogP contribution >= 0.6 is 11.6 Å². The van der Waals surface area contributed by atoms with Gasteiger partial charge < -0.3 is 15.4 Å². The molecule has 1 amide bonds. The maximum atomic E-state index is 12.4. The van der Waals surface area contributed by atoms with Crippen molar-refractivity contribution in [3.8, 4) is 0 Å². The molecule has 0 atom stereocenters. The van der Waals surface area contributed by atoms with Crippen LogP contribution in [-0.4, -0.2) is 29.3 Å². The van der Waals surface area contributed by atoms with Crippen molar-refractivity contribution in [3.05, 3.63) is 47.5 Å². The van der Waals surface area contributed by atoms with Crippen LogP contribution in [-0.2, 0) is 9.53 Å². The van der Waals surface area contributed by atoms with E-state index in [4.69, 9.17) is 16.3 Å². The zero-order valence-electron chi connectivity index (χ0n) is 14.1. The molecule has 6 nitrogen and oxygen atoms in total. The number of para-hydroxylation sites is 1. The molecular weight excluding hydrogens is 352 g/mol. The smallest absolute Gasteiger partial charge is 0.228 e. The molecule has 1 aliphatic rings. The van der Waals surface area contributed by atoms with E-state index in [0.717, 1.165) is 35.1 Å². The number of rotatable bonds is 4. The second-order valence-corrected chi connectivity index (χ2v) is 6.72. The number of anilines is 3. The first kappa shape index (κ1) is 16.9. The van der Waals surface area contributed by atoms with Gasteiger partial charge >= 0.3 is 0 Å². The highest BCUT2D eigenvalue weighted by Gasteiger charge is 2.22. The van der Waals surface area contributed by atoms with Crippen molar-refractivity contribution in [1.82, 2.24) is 10.2 Å². The zero-order chi connectivity index (χ0) is 17.9. The summed E-state index contributed by atoms with van der Waals surface area (Å²) in [5, 5.41) is 15.0. The van der Waals surface area contributed by atoms with Crippen molar-refractivity contribution in [2.75, 3.05) is 23.8 Å². The normalized spacial score (nSPS) is 15.1. The highest BCUT2D eigenvalue weighted by Crippen LogP contribution is 2.29. The molecule has 1 fully saturated rings.